The van der Waals surface area contributed by atoms with Crippen molar-refractivity contribution in [2.24, 2.45) is 0 Å². The van der Waals surface area contributed by atoms with E-state index in [0.717, 1.165) is 17.8 Å². The van der Waals surface area contributed by atoms with Crippen LogP contribution in [0.1, 0.15) is 74.4 Å². The van der Waals surface area contributed by atoms with Crippen molar-refractivity contribution in [3.63, 3.8) is 0 Å². The van der Waals surface area contributed by atoms with Gasteiger partial charge in [-0.2, -0.15) is 0 Å². The van der Waals surface area contributed by atoms with Crippen molar-refractivity contribution in [2.45, 2.75) is 57.3 Å². The van der Waals surface area contributed by atoms with Crippen LogP contribution < -0.4 is 4.90 Å². The lowest BCUT2D eigenvalue weighted by atomic mass is 9.70. The van der Waals surface area contributed by atoms with Crippen LogP contribution in [0.2, 0.25) is 0 Å². The van der Waals surface area contributed by atoms with Crippen LogP contribution in [0, 0.1) is 0 Å². The third-order valence-electron chi connectivity index (χ3n) is 12.8. The number of nitrogens with zero attached hydrogens (tertiary/aromatic N) is 1. The van der Waals surface area contributed by atoms with Gasteiger partial charge >= 0.3 is 0 Å². The van der Waals surface area contributed by atoms with E-state index in [1.54, 1.807) is 0 Å². The first-order chi connectivity index (χ1) is 26.1. The lowest BCUT2D eigenvalue weighted by Crippen LogP contribution is -2.23. The molecule has 0 fully saturated rings. The monoisotopic (exact) mass is 695 g/mol. The Bertz CT molecular complexity index is 2690. The van der Waals surface area contributed by atoms with Gasteiger partial charge in [0, 0.05) is 33.3 Å². The van der Waals surface area contributed by atoms with E-state index >= 15 is 0 Å². The molecular formula is C53H45N. The summed E-state index contributed by atoms with van der Waals surface area (Å²) in [7, 11) is 0. The first-order valence-corrected chi connectivity index (χ1v) is 19.4. The van der Waals surface area contributed by atoms with Crippen molar-refractivity contribution in [1.82, 2.24) is 0 Å². The molecule has 0 bridgehead atoms. The van der Waals surface area contributed by atoms with E-state index in [9.17, 15) is 0 Å². The van der Waals surface area contributed by atoms with E-state index in [0.29, 0.717) is 0 Å². The van der Waals surface area contributed by atoms with E-state index in [2.05, 4.69) is 209 Å². The zero-order chi connectivity index (χ0) is 36.8. The number of hydrogen-bond acceptors (Lipinski definition) is 1. The summed E-state index contributed by atoms with van der Waals surface area (Å²) in [5.41, 5.74) is 18.4. The Labute approximate surface area is 320 Å². The molecule has 54 heavy (non-hydrogen) atoms. The van der Waals surface area contributed by atoms with Crippen molar-refractivity contribution in [1.29, 1.82) is 0 Å². The molecule has 10 rings (SSSR count). The van der Waals surface area contributed by atoms with Crippen LogP contribution in [0.4, 0.5) is 17.1 Å². The summed E-state index contributed by atoms with van der Waals surface area (Å²) in [6.45, 7) is 11.9. The predicted octanol–water partition coefficient (Wildman–Crippen LogP) is 14.2. The van der Waals surface area contributed by atoms with Gasteiger partial charge in [-0.1, -0.05) is 162 Å². The minimum Gasteiger partial charge on any atom is -0.310 e. The van der Waals surface area contributed by atoms with Gasteiger partial charge in [-0.3, -0.25) is 0 Å². The molecule has 3 aliphatic carbocycles. The van der Waals surface area contributed by atoms with Crippen LogP contribution in [-0.4, -0.2) is 0 Å². The van der Waals surface area contributed by atoms with Gasteiger partial charge in [0.1, 0.15) is 0 Å². The first kappa shape index (κ1) is 32.7. The Morgan fingerprint density at radius 1 is 0.481 bits per heavy atom. The molecule has 7 aromatic carbocycles. The average molecular weight is 696 g/mol. The summed E-state index contributed by atoms with van der Waals surface area (Å²) in [4.78, 5) is 2.39. The molecule has 0 saturated heterocycles. The van der Waals surface area contributed by atoms with E-state index < -0.39 is 0 Å². The number of rotatable bonds is 5. The van der Waals surface area contributed by atoms with E-state index in [1.165, 1.54) is 77.7 Å². The second kappa shape index (κ2) is 11.8. The van der Waals surface area contributed by atoms with E-state index in [4.69, 9.17) is 0 Å². The summed E-state index contributed by atoms with van der Waals surface area (Å²) >= 11 is 0. The lowest BCUT2D eigenvalue weighted by molar-refractivity contribution is 0.605. The highest BCUT2D eigenvalue weighted by molar-refractivity contribution is 5.99. The van der Waals surface area contributed by atoms with Gasteiger partial charge in [0.2, 0.25) is 0 Å². The minimum absolute atomic E-state index is 0.0181. The van der Waals surface area contributed by atoms with Crippen molar-refractivity contribution < 1.29 is 0 Å². The van der Waals surface area contributed by atoms with E-state index in [-0.39, 0.29) is 16.2 Å². The number of anilines is 3. The molecule has 3 aliphatic rings. The summed E-state index contributed by atoms with van der Waals surface area (Å²) in [5, 5.41) is 2.68. The summed E-state index contributed by atoms with van der Waals surface area (Å²) in [5.74, 6) is 0. The molecule has 0 N–H and O–H groups in total. The van der Waals surface area contributed by atoms with Gasteiger partial charge in [-0.05, 0) is 121 Å². The summed E-state index contributed by atoms with van der Waals surface area (Å²) in [6, 6.07) is 56.3. The van der Waals surface area contributed by atoms with Gasteiger partial charge < -0.3 is 4.90 Å². The third kappa shape index (κ3) is 4.77. The third-order valence-corrected chi connectivity index (χ3v) is 12.8. The first-order valence-electron chi connectivity index (χ1n) is 19.4. The highest BCUT2D eigenvalue weighted by Gasteiger charge is 2.41. The molecule has 1 nitrogen and oxygen atoms in total. The molecule has 262 valence electrons. The zero-order valence-electron chi connectivity index (χ0n) is 31.8. The molecule has 0 radical (unpaired) electrons. The second-order valence-electron chi connectivity index (χ2n) is 16.8. The summed E-state index contributed by atoms with van der Waals surface area (Å²) in [6.07, 6.45) is 8.25. The number of allylic oxidation sites excluding steroid dienone is 4. The van der Waals surface area contributed by atoms with Gasteiger partial charge in [-0.25, -0.2) is 0 Å². The van der Waals surface area contributed by atoms with Crippen molar-refractivity contribution in [3.8, 4) is 22.3 Å². The van der Waals surface area contributed by atoms with Crippen molar-refractivity contribution in [3.05, 3.63) is 203 Å². The number of hydrogen-bond donors (Lipinski definition) is 0. The number of para-hydroxylation sites is 1. The van der Waals surface area contributed by atoms with Crippen LogP contribution in [0.15, 0.2) is 170 Å². The van der Waals surface area contributed by atoms with Crippen molar-refractivity contribution >= 4 is 33.4 Å². The standard InChI is InChI=1S/C53H45N/c1-51(2)45-21-13-11-19-42(45)44-34-40(27-28-47(44)51)54(38-16-7-6-8-17-38)39-25-23-35(24-26-39)36-29-31-53(5,32-30-36)50-41-18-10-9-15-37(41)33-48-49(50)43-20-12-14-22-46(43)52(48,3)4/h6-31,33-34H,32H2,1-5H3. The molecule has 0 aromatic heterocycles. The van der Waals surface area contributed by atoms with Crippen molar-refractivity contribution in [2.75, 3.05) is 4.90 Å². The fourth-order valence-electron chi connectivity index (χ4n) is 9.91. The topological polar surface area (TPSA) is 3.24 Å². The van der Waals surface area contributed by atoms with Gasteiger partial charge in [-0.15, -0.1) is 0 Å². The highest BCUT2D eigenvalue weighted by atomic mass is 15.1. The average Bonchev–Trinajstić information content (AvgIpc) is 3.57. The fourth-order valence-corrected chi connectivity index (χ4v) is 9.91. The van der Waals surface area contributed by atoms with Gasteiger partial charge in [0.25, 0.3) is 0 Å². The maximum atomic E-state index is 2.48. The normalized spacial score (nSPS) is 18.4. The molecule has 1 atom stereocenters. The van der Waals surface area contributed by atoms with Crippen LogP contribution in [0.3, 0.4) is 0 Å². The molecule has 1 heteroatoms. The number of fused-ring (bicyclic) bond motifs is 7. The highest BCUT2D eigenvalue weighted by Crippen LogP contribution is 2.56. The predicted molar refractivity (Wildman–Crippen MR) is 229 cm³/mol. The minimum atomic E-state index is -0.146. The molecule has 0 saturated carbocycles. The van der Waals surface area contributed by atoms with Crippen LogP contribution in [-0.2, 0) is 16.2 Å². The van der Waals surface area contributed by atoms with Gasteiger partial charge in [0.05, 0.1) is 0 Å². The van der Waals surface area contributed by atoms with E-state index in [1.807, 2.05) is 0 Å². The SMILES string of the molecule is CC1(c2c3c(cc4ccccc24)C(C)(C)c2ccccc2-3)C=CC(c2ccc(N(c3ccccc3)c3ccc4c(c3)-c3ccccc3C4(C)C)cc2)=CC1. The van der Waals surface area contributed by atoms with Crippen LogP contribution in [0.25, 0.3) is 38.6 Å². The Morgan fingerprint density at radius 2 is 1.07 bits per heavy atom. The molecule has 7 aromatic rings. The largest absolute Gasteiger partial charge is 0.310 e. The Morgan fingerprint density at radius 3 is 1.81 bits per heavy atom. The Balaban J connectivity index is 1.01. The summed E-state index contributed by atoms with van der Waals surface area (Å²) < 4.78 is 0. The zero-order valence-corrected chi connectivity index (χ0v) is 31.8. The van der Waals surface area contributed by atoms with Crippen LogP contribution in [0.5, 0.6) is 0 Å². The molecule has 1 unspecified atom stereocenters. The van der Waals surface area contributed by atoms with Gasteiger partial charge in [0.15, 0.2) is 0 Å². The molecular weight excluding hydrogens is 651 g/mol. The Kier molecular flexibility index (Phi) is 7.14. The molecule has 0 amide bonds. The molecule has 0 spiro atoms. The van der Waals surface area contributed by atoms with Crippen LogP contribution >= 0.6 is 0 Å². The lowest BCUT2D eigenvalue weighted by Gasteiger charge is -2.33. The number of benzene rings is 7. The smallest absolute Gasteiger partial charge is 0.0468 e. The Hall–Kier alpha value is -5.92. The maximum Gasteiger partial charge on any atom is 0.0468 e. The molecule has 0 aliphatic heterocycles. The quantitative estimate of drug-likeness (QED) is 0.173. The fraction of sp³-hybridized carbons (Fsp3) is 0.170. The molecule has 0 heterocycles. The maximum absolute atomic E-state index is 2.48. The second-order valence-corrected chi connectivity index (χ2v) is 16.8.